The second-order valence-electron chi connectivity index (χ2n) is 3.24. The molecule has 1 aliphatic rings. The minimum Gasteiger partial charge on any atom is -0.300 e. The Bertz CT molecular complexity index is 118. The molecule has 1 nitrogen and oxygen atoms in total. The molecule has 0 saturated heterocycles. The van der Waals surface area contributed by atoms with E-state index in [1.54, 1.807) is 0 Å². The fourth-order valence-electron chi connectivity index (χ4n) is 1.34. The summed E-state index contributed by atoms with van der Waals surface area (Å²) < 4.78 is 0. The zero-order valence-electron chi connectivity index (χ0n) is 6.18. The molecule has 0 heterocycles. The summed E-state index contributed by atoms with van der Waals surface area (Å²) in [4.78, 5) is 10.8. The van der Waals surface area contributed by atoms with Crippen LogP contribution in [-0.2, 0) is 4.79 Å². The first-order chi connectivity index (χ1) is 4.20. The monoisotopic (exact) mass is 126 g/mol. The molecular formula is C8H14O. The third-order valence-corrected chi connectivity index (χ3v) is 2.40. The minimum atomic E-state index is 0.459. The molecule has 0 bridgehead atoms. The number of hydrogen-bond donors (Lipinski definition) is 0. The number of carbonyl (C=O) groups excluding carboxylic acids is 1. The van der Waals surface area contributed by atoms with E-state index in [0.717, 1.165) is 25.2 Å². The SMILES string of the molecule is CC1CC(=O)CC[C@H]1C. The lowest BCUT2D eigenvalue weighted by Gasteiger charge is -2.23. The van der Waals surface area contributed by atoms with E-state index >= 15 is 0 Å². The summed E-state index contributed by atoms with van der Waals surface area (Å²) in [5.41, 5.74) is 0. The van der Waals surface area contributed by atoms with Gasteiger partial charge in [0.05, 0.1) is 0 Å². The highest BCUT2D eigenvalue weighted by Crippen LogP contribution is 2.26. The first-order valence-corrected chi connectivity index (χ1v) is 3.72. The largest absolute Gasteiger partial charge is 0.300 e. The summed E-state index contributed by atoms with van der Waals surface area (Å²) in [6, 6.07) is 0. The first kappa shape index (κ1) is 6.79. The van der Waals surface area contributed by atoms with Crippen LogP contribution in [0.1, 0.15) is 33.1 Å². The summed E-state index contributed by atoms with van der Waals surface area (Å²) in [5, 5.41) is 0. The highest BCUT2D eigenvalue weighted by Gasteiger charge is 2.21. The van der Waals surface area contributed by atoms with Crippen LogP contribution in [0.2, 0.25) is 0 Å². The molecule has 1 heteroatoms. The van der Waals surface area contributed by atoms with E-state index in [9.17, 15) is 4.79 Å². The smallest absolute Gasteiger partial charge is 0.133 e. The van der Waals surface area contributed by atoms with Crippen molar-refractivity contribution in [3.05, 3.63) is 0 Å². The molecule has 0 aromatic carbocycles. The fourth-order valence-corrected chi connectivity index (χ4v) is 1.34. The molecule has 1 aliphatic carbocycles. The van der Waals surface area contributed by atoms with Crippen LogP contribution in [0.25, 0.3) is 0 Å². The summed E-state index contributed by atoms with van der Waals surface area (Å²) in [6.07, 6.45) is 2.76. The van der Waals surface area contributed by atoms with Gasteiger partial charge in [-0.2, -0.15) is 0 Å². The molecule has 52 valence electrons. The van der Waals surface area contributed by atoms with Gasteiger partial charge in [0, 0.05) is 12.8 Å². The van der Waals surface area contributed by atoms with E-state index in [1.807, 2.05) is 0 Å². The molecule has 9 heavy (non-hydrogen) atoms. The molecule has 0 aromatic heterocycles. The molecule has 1 fully saturated rings. The maximum absolute atomic E-state index is 10.8. The zero-order valence-corrected chi connectivity index (χ0v) is 6.18. The second kappa shape index (κ2) is 2.51. The Kier molecular flexibility index (Phi) is 1.89. The molecule has 0 N–H and O–H groups in total. The minimum absolute atomic E-state index is 0.459. The highest BCUT2D eigenvalue weighted by atomic mass is 16.1. The Morgan fingerprint density at radius 2 is 2.00 bits per heavy atom. The topological polar surface area (TPSA) is 17.1 Å². The van der Waals surface area contributed by atoms with Crippen molar-refractivity contribution in [2.45, 2.75) is 33.1 Å². The summed E-state index contributed by atoms with van der Waals surface area (Å²) >= 11 is 0. The summed E-state index contributed by atoms with van der Waals surface area (Å²) in [7, 11) is 0. The zero-order chi connectivity index (χ0) is 6.85. The van der Waals surface area contributed by atoms with Gasteiger partial charge < -0.3 is 0 Å². The third-order valence-electron chi connectivity index (χ3n) is 2.40. The summed E-state index contributed by atoms with van der Waals surface area (Å²) in [6.45, 7) is 4.40. The molecule has 0 spiro atoms. The van der Waals surface area contributed by atoms with Crippen LogP contribution in [0, 0.1) is 11.8 Å². The van der Waals surface area contributed by atoms with Crippen molar-refractivity contribution in [3.63, 3.8) is 0 Å². The van der Waals surface area contributed by atoms with Crippen molar-refractivity contribution in [2.24, 2.45) is 11.8 Å². The number of carbonyl (C=O) groups is 1. The van der Waals surface area contributed by atoms with Gasteiger partial charge in [0.1, 0.15) is 5.78 Å². The van der Waals surface area contributed by atoms with Crippen LogP contribution < -0.4 is 0 Å². The Hall–Kier alpha value is -0.330. The Morgan fingerprint density at radius 1 is 1.33 bits per heavy atom. The van der Waals surface area contributed by atoms with Crippen LogP contribution in [-0.4, -0.2) is 5.78 Å². The van der Waals surface area contributed by atoms with Crippen molar-refractivity contribution >= 4 is 5.78 Å². The standard InChI is InChI=1S/C8H14O/c1-6-3-4-8(9)5-7(6)2/h6-7H,3-5H2,1-2H3/t6-,7?/m1/s1. The van der Waals surface area contributed by atoms with Crippen LogP contribution in [0.15, 0.2) is 0 Å². The van der Waals surface area contributed by atoms with Crippen LogP contribution in [0.4, 0.5) is 0 Å². The van der Waals surface area contributed by atoms with Gasteiger partial charge >= 0.3 is 0 Å². The van der Waals surface area contributed by atoms with E-state index in [2.05, 4.69) is 13.8 Å². The van der Waals surface area contributed by atoms with Crippen molar-refractivity contribution < 1.29 is 4.79 Å². The first-order valence-electron chi connectivity index (χ1n) is 3.72. The molecule has 1 unspecified atom stereocenters. The van der Waals surface area contributed by atoms with Gasteiger partial charge in [-0.05, 0) is 18.3 Å². The molecule has 0 aliphatic heterocycles. The van der Waals surface area contributed by atoms with E-state index < -0.39 is 0 Å². The van der Waals surface area contributed by atoms with Gasteiger partial charge in [0.2, 0.25) is 0 Å². The highest BCUT2D eigenvalue weighted by molar-refractivity contribution is 5.79. The lowest BCUT2D eigenvalue weighted by Crippen LogP contribution is -2.19. The molecular weight excluding hydrogens is 112 g/mol. The predicted molar refractivity (Wildman–Crippen MR) is 37.2 cm³/mol. The van der Waals surface area contributed by atoms with E-state index in [1.165, 1.54) is 0 Å². The molecule has 2 atom stereocenters. The average molecular weight is 126 g/mol. The summed E-state index contributed by atoms with van der Waals surface area (Å²) in [5.74, 6) is 1.86. The number of hydrogen-bond acceptors (Lipinski definition) is 1. The molecule has 1 saturated carbocycles. The lowest BCUT2D eigenvalue weighted by molar-refractivity contribution is -0.122. The van der Waals surface area contributed by atoms with Crippen LogP contribution >= 0.6 is 0 Å². The van der Waals surface area contributed by atoms with Crippen molar-refractivity contribution in [1.29, 1.82) is 0 Å². The van der Waals surface area contributed by atoms with Crippen molar-refractivity contribution in [2.75, 3.05) is 0 Å². The Labute approximate surface area is 56.4 Å². The van der Waals surface area contributed by atoms with Gasteiger partial charge in [-0.25, -0.2) is 0 Å². The number of Topliss-reactive ketones (excluding diaryl/α,β-unsaturated/α-hetero) is 1. The molecule has 0 radical (unpaired) electrons. The van der Waals surface area contributed by atoms with Gasteiger partial charge in [0.15, 0.2) is 0 Å². The second-order valence-corrected chi connectivity index (χ2v) is 3.24. The molecule has 0 amide bonds. The van der Waals surface area contributed by atoms with Gasteiger partial charge in [-0.15, -0.1) is 0 Å². The van der Waals surface area contributed by atoms with E-state index in [0.29, 0.717) is 11.7 Å². The quantitative estimate of drug-likeness (QED) is 0.485. The Balaban J connectivity index is 2.44. The van der Waals surface area contributed by atoms with Crippen molar-refractivity contribution in [1.82, 2.24) is 0 Å². The lowest BCUT2D eigenvalue weighted by atomic mass is 9.81. The predicted octanol–water partition coefficient (Wildman–Crippen LogP) is 2.01. The van der Waals surface area contributed by atoms with Crippen LogP contribution in [0.5, 0.6) is 0 Å². The van der Waals surface area contributed by atoms with E-state index in [-0.39, 0.29) is 0 Å². The third kappa shape index (κ3) is 1.54. The fraction of sp³-hybridized carbons (Fsp3) is 0.875. The van der Waals surface area contributed by atoms with E-state index in [4.69, 9.17) is 0 Å². The number of rotatable bonds is 0. The Morgan fingerprint density at radius 3 is 2.44 bits per heavy atom. The average Bonchev–Trinajstić information content (AvgIpc) is 1.80. The molecule has 0 aromatic rings. The van der Waals surface area contributed by atoms with Crippen LogP contribution in [0.3, 0.4) is 0 Å². The maximum atomic E-state index is 10.8. The number of ketones is 1. The normalized spacial score (nSPS) is 36.9. The van der Waals surface area contributed by atoms with Crippen molar-refractivity contribution in [3.8, 4) is 0 Å². The molecule has 1 rings (SSSR count). The van der Waals surface area contributed by atoms with Gasteiger partial charge in [0.25, 0.3) is 0 Å². The maximum Gasteiger partial charge on any atom is 0.133 e. The van der Waals surface area contributed by atoms with Gasteiger partial charge in [-0.3, -0.25) is 4.79 Å². The van der Waals surface area contributed by atoms with Gasteiger partial charge in [-0.1, -0.05) is 13.8 Å².